The minimum absolute atomic E-state index is 0.360. The number of aromatic nitrogens is 4. The van der Waals surface area contributed by atoms with Crippen molar-refractivity contribution in [2.75, 3.05) is 0 Å². The summed E-state index contributed by atoms with van der Waals surface area (Å²) < 4.78 is 39.8. The van der Waals surface area contributed by atoms with Crippen molar-refractivity contribution in [2.24, 2.45) is 7.05 Å². The number of fused-ring (bicyclic) bond motifs is 1. The summed E-state index contributed by atoms with van der Waals surface area (Å²) in [6, 6.07) is 5.36. The van der Waals surface area contributed by atoms with Crippen LogP contribution in [-0.2, 0) is 19.6 Å². The first kappa shape index (κ1) is 13.7. The highest BCUT2D eigenvalue weighted by atomic mass is 19.4. The number of nitrogens with zero attached hydrogens (tertiary/aromatic N) is 3. The van der Waals surface area contributed by atoms with E-state index in [4.69, 9.17) is 0 Å². The maximum absolute atomic E-state index is 12.7. The molecule has 0 aliphatic rings. The van der Waals surface area contributed by atoms with Gasteiger partial charge in [-0.25, -0.2) is 4.98 Å². The van der Waals surface area contributed by atoms with E-state index >= 15 is 0 Å². The second kappa shape index (κ2) is 4.61. The standard InChI is InChI=1S/C14H13F3N4/c1-3-9-7-12(21(2)20-9)13-18-10-5-4-8(14(15,16)17)6-11(10)19-13/h4-7H,3H2,1-2H3,(H,18,19). The van der Waals surface area contributed by atoms with E-state index in [0.29, 0.717) is 16.9 Å². The second-order valence-corrected chi connectivity index (χ2v) is 4.81. The second-order valence-electron chi connectivity index (χ2n) is 4.81. The summed E-state index contributed by atoms with van der Waals surface area (Å²) in [4.78, 5) is 7.26. The Labute approximate surface area is 118 Å². The van der Waals surface area contributed by atoms with Crippen LogP contribution in [0.5, 0.6) is 0 Å². The Bertz CT molecular complexity index is 798. The van der Waals surface area contributed by atoms with E-state index in [9.17, 15) is 13.2 Å². The molecule has 110 valence electrons. The highest BCUT2D eigenvalue weighted by molar-refractivity contribution is 5.79. The number of benzene rings is 1. The molecular formula is C14H13F3N4. The summed E-state index contributed by atoms with van der Waals surface area (Å²) >= 11 is 0. The van der Waals surface area contributed by atoms with Gasteiger partial charge in [0.25, 0.3) is 0 Å². The first-order chi connectivity index (χ1) is 9.88. The molecule has 2 heterocycles. The molecule has 21 heavy (non-hydrogen) atoms. The number of alkyl halides is 3. The molecule has 3 aromatic rings. The van der Waals surface area contributed by atoms with Crippen LogP contribution in [0.2, 0.25) is 0 Å². The molecule has 0 amide bonds. The van der Waals surface area contributed by atoms with Gasteiger partial charge in [-0.3, -0.25) is 4.68 Å². The smallest absolute Gasteiger partial charge is 0.337 e. The molecule has 0 unspecified atom stereocenters. The summed E-state index contributed by atoms with van der Waals surface area (Å²) in [5.41, 5.74) is 1.82. The predicted octanol–water partition coefficient (Wildman–Crippen LogP) is 3.54. The van der Waals surface area contributed by atoms with Crippen LogP contribution in [0.4, 0.5) is 13.2 Å². The SMILES string of the molecule is CCc1cc(-c2nc3ccc(C(F)(F)F)cc3[nH]2)n(C)n1. The maximum atomic E-state index is 12.7. The topological polar surface area (TPSA) is 46.5 Å². The van der Waals surface area contributed by atoms with Gasteiger partial charge in [-0.05, 0) is 30.7 Å². The van der Waals surface area contributed by atoms with Crippen LogP contribution < -0.4 is 0 Å². The van der Waals surface area contributed by atoms with Crippen molar-refractivity contribution in [3.8, 4) is 11.5 Å². The molecule has 4 nitrogen and oxygen atoms in total. The predicted molar refractivity (Wildman–Crippen MR) is 72.7 cm³/mol. The molecule has 0 spiro atoms. The van der Waals surface area contributed by atoms with E-state index in [2.05, 4.69) is 15.1 Å². The van der Waals surface area contributed by atoms with Gasteiger partial charge < -0.3 is 4.98 Å². The Morgan fingerprint density at radius 1 is 1.24 bits per heavy atom. The fourth-order valence-corrected chi connectivity index (χ4v) is 2.23. The largest absolute Gasteiger partial charge is 0.416 e. The highest BCUT2D eigenvalue weighted by Crippen LogP contribution is 2.31. The van der Waals surface area contributed by atoms with E-state index in [1.165, 1.54) is 6.07 Å². The summed E-state index contributed by atoms with van der Waals surface area (Å²) in [5.74, 6) is 0.513. The number of rotatable bonds is 2. The van der Waals surface area contributed by atoms with Crippen molar-refractivity contribution in [3.05, 3.63) is 35.5 Å². The summed E-state index contributed by atoms with van der Waals surface area (Å²) in [6.45, 7) is 1.99. The number of aromatic amines is 1. The Kier molecular flexibility index (Phi) is 3.00. The molecule has 0 aliphatic heterocycles. The molecule has 0 radical (unpaired) electrons. The molecular weight excluding hydrogens is 281 g/mol. The summed E-state index contributed by atoms with van der Waals surface area (Å²) in [6.07, 6.45) is -3.58. The van der Waals surface area contributed by atoms with Crippen LogP contribution in [0.3, 0.4) is 0 Å². The Morgan fingerprint density at radius 2 is 2.00 bits per heavy atom. The molecule has 0 saturated carbocycles. The van der Waals surface area contributed by atoms with Crippen molar-refractivity contribution in [1.29, 1.82) is 0 Å². The summed E-state index contributed by atoms with van der Waals surface area (Å²) in [5, 5.41) is 4.31. The van der Waals surface area contributed by atoms with Crippen LogP contribution in [0, 0.1) is 0 Å². The number of nitrogens with one attached hydrogen (secondary N) is 1. The van der Waals surface area contributed by atoms with Gasteiger partial charge in [0.2, 0.25) is 0 Å². The lowest BCUT2D eigenvalue weighted by molar-refractivity contribution is -0.137. The van der Waals surface area contributed by atoms with Gasteiger partial charge in [-0.1, -0.05) is 6.92 Å². The van der Waals surface area contributed by atoms with Gasteiger partial charge in [0.1, 0.15) is 5.69 Å². The molecule has 0 aliphatic carbocycles. The molecule has 1 N–H and O–H groups in total. The lowest BCUT2D eigenvalue weighted by atomic mass is 10.2. The molecule has 0 fully saturated rings. The molecule has 0 atom stereocenters. The van der Waals surface area contributed by atoms with Crippen molar-refractivity contribution < 1.29 is 13.2 Å². The van der Waals surface area contributed by atoms with Gasteiger partial charge in [-0.15, -0.1) is 0 Å². The van der Waals surface area contributed by atoms with E-state index in [1.807, 2.05) is 13.0 Å². The Balaban J connectivity index is 2.10. The van der Waals surface area contributed by atoms with Crippen molar-refractivity contribution in [1.82, 2.24) is 19.7 Å². The molecule has 7 heteroatoms. The zero-order valence-corrected chi connectivity index (χ0v) is 11.5. The average Bonchev–Trinajstić information content (AvgIpc) is 2.99. The molecule has 0 bridgehead atoms. The minimum atomic E-state index is -4.36. The van der Waals surface area contributed by atoms with E-state index < -0.39 is 11.7 Å². The quantitative estimate of drug-likeness (QED) is 0.785. The number of hydrogen-bond acceptors (Lipinski definition) is 2. The van der Waals surface area contributed by atoms with Crippen LogP contribution in [-0.4, -0.2) is 19.7 Å². The third-order valence-electron chi connectivity index (χ3n) is 3.34. The lowest BCUT2D eigenvalue weighted by Crippen LogP contribution is -2.04. The van der Waals surface area contributed by atoms with Crippen LogP contribution >= 0.6 is 0 Å². The fraction of sp³-hybridized carbons (Fsp3) is 0.286. The fourth-order valence-electron chi connectivity index (χ4n) is 2.23. The van der Waals surface area contributed by atoms with Crippen LogP contribution in [0.1, 0.15) is 18.2 Å². The lowest BCUT2D eigenvalue weighted by Gasteiger charge is -2.05. The van der Waals surface area contributed by atoms with Crippen LogP contribution in [0.25, 0.3) is 22.6 Å². The van der Waals surface area contributed by atoms with Crippen molar-refractivity contribution in [2.45, 2.75) is 19.5 Å². The molecule has 0 saturated heterocycles. The molecule has 3 rings (SSSR count). The molecule has 2 aromatic heterocycles. The van der Waals surface area contributed by atoms with E-state index in [-0.39, 0.29) is 0 Å². The normalized spacial score (nSPS) is 12.2. The third-order valence-corrected chi connectivity index (χ3v) is 3.34. The number of halogens is 3. The zero-order valence-electron chi connectivity index (χ0n) is 11.5. The van der Waals surface area contributed by atoms with Crippen molar-refractivity contribution >= 4 is 11.0 Å². The van der Waals surface area contributed by atoms with Gasteiger partial charge in [0.05, 0.1) is 22.3 Å². The number of imidazole rings is 1. The number of H-pyrrole nitrogens is 1. The third kappa shape index (κ3) is 2.39. The maximum Gasteiger partial charge on any atom is 0.416 e. The number of hydrogen-bond donors (Lipinski definition) is 1. The Hall–Kier alpha value is -2.31. The zero-order chi connectivity index (χ0) is 15.2. The highest BCUT2D eigenvalue weighted by Gasteiger charge is 2.30. The van der Waals surface area contributed by atoms with E-state index in [0.717, 1.165) is 29.9 Å². The minimum Gasteiger partial charge on any atom is -0.337 e. The molecule has 1 aromatic carbocycles. The van der Waals surface area contributed by atoms with Gasteiger partial charge in [-0.2, -0.15) is 18.3 Å². The summed E-state index contributed by atoms with van der Waals surface area (Å²) in [7, 11) is 1.78. The first-order valence-electron chi connectivity index (χ1n) is 6.48. The average molecular weight is 294 g/mol. The van der Waals surface area contributed by atoms with Gasteiger partial charge in [0, 0.05) is 7.05 Å². The van der Waals surface area contributed by atoms with Crippen LogP contribution in [0.15, 0.2) is 24.3 Å². The number of aryl methyl sites for hydroxylation is 2. The van der Waals surface area contributed by atoms with Gasteiger partial charge in [0.15, 0.2) is 5.82 Å². The van der Waals surface area contributed by atoms with E-state index in [1.54, 1.807) is 11.7 Å². The van der Waals surface area contributed by atoms with Crippen molar-refractivity contribution in [3.63, 3.8) is 0 Å². The first-order valence-corrected chi connectivity index (χ1v) is 6.48. The van der Waals surface area contributed by atoms with Gasteiger partial charge >= 0.3 is 6.18 Å². The Morgan fingerprint density at radius 3 is 2.62 bits per heavy atom. The monoisotopic (exact) mass is 294 g/mol.